The molecular formula is C9H16N4O. The van der Waals surface area contributed by atoms with Crippen LogP contribution in [0.1, 0.15) is 24.3 Å². The third kappa shape index (κ3) is 2.85. The molecule has 1 heterocycles. The van der Waals surface area contributed by atoms with E-state index in [1.54, 1.807) is 17.1 Å². The van der Waals surface area contributed by atoms with Crippen LogP contribution in [-0.4, -0.2) is 28.0 Å². The second-order valence-electron chi connectivity index (χ2n) is 3.41. The lowest BCUT2D eigenvalue weighted by atomic mass is 10.3. The number of nitrogens with one attached hydrogen (secondary N) is 1. The van der Waals surface area contributed by atoms with Gasteiger partial charge in [-0.3, -0.25) is 4.79 Å². The minimum atomic E-state index is -0.143. The molecule has 0 saturated carbocycles. The molecule has 1 aromatic rings. The molecule has 0 saturated heterocycles. The van der Waals surface area contributed by atoms with E-state index in [0.29, 0.717) is 18.8 Å². The molecule has 0 atom stereocenters. The molecule has 0 spiro atoms. The summed E-state index contributed by atoms with van der Waals surface area (Å²) >= 11 is 0. The summed E-state index contributed by atoms with van der Waals surface area (Å²) in [5.41, 5.74) is 5.81. The largest absolute Gasteiger partial charge is 0.348 e. The number of aromatic nitrogens is 2. The van der Waals surface area contributed by atoms with Crippen LogP contribution in [0, 0.1) is 0 Å². The van der Waals surface area contributed by atoms with Crippen LogP contribution in [0.25, 0.3) is 0 Å². The van der Waals surface area contributed by atoms with Crippen LogP contribution in [0.3, 0.4) is 0 Å². The topological polar surface area (TPSA) is 72.9 Å². The van der Waals surface area contributed by atoms with Gasteiger partial charge < -0.3 is 15.6 Å². The lowest BCUT2D eigenvalue weighted by molar-refractivity contribution is 0.0938. The van der Waals surface area contributed by atoms with Crippen molar-refractivity contribution in [3.63, 3.8) is 0 Å². The zero-order chi connectivity index (χ0) is 10.6. The molecular weight excluding hydrogens is 180 g/mol. The molecule has 5 heteroatoms. The van der Waals surface area contributed by atoms with Crippen LogP contribution in [0.5, 0.6) is 0 Å². The fraction of sp³-hybridized carbons (Fsp3) is 0.556. The first-order valence-electron chi connectivity index (χ1n) is 4.66. The van der Waals surface area contributed by atoms with E-state index in [4.69, 9.17) is 5.73 Å². The van der Waals surface area contributed by atoms with Crippen molar-refractivity contribution in [3.8, 4) is 0 Å². The first-order chi connectivity index (χ1) is 6.63. The van der Waals surface area contributed by atoms with Gasteiger partial charge in [0.1, 0.15) is 5.69 Å². The number of imidazole rings is 1. The maximum atomic E-state index is 11.5. The third-order valence-corrected chi connectivity index (χ3v) is 1.67. The second-order valence-corrected chi connectivity index (χ2v) is 3.41. The monoisotopic (exact) mass is 196 g/mol. The first-order valence-corrected chi connectivity index (χ1v) is 4.66. The predicted octanol–water partition coefficient (Wildman–Crippen LogP) is -0.0200. The van der Waals surface area contributed by atoms with E-state index in [2.05, 4.69) is 10.3 Å². The highest BCUT2D eigenvalue weighted by atomic mass is 16.1. The summed E-state index contributed by atoms with van der Waals surface area (Å²) < 4.78 is 1.80. The van der Waals surface area contributed by atoms with E-state index in [1.165, 1.54) is 0 Å². The minimum absolute atomic E-state index is 0.127. The number of carbonyl (C=O) groups excluding carboxylic acids is 1. The number of nitrogens with two attached hydrogens (primary N) is 1. The van der Waals surface area contributed by atoms with Crippen molar-refractivity contribution in [1.29, 1.82) is 0 Å². The van der Waals surface area contributed by atoms with Gasteiger partial charge in [0.2, 0.25) is 0 Å². The molecule has 1 rings (SSSR count). The highest BCUT2D eigenvalue weighted by Crippen LogP contribution is 1.96. The van der Waals surface area contributed by atoms with E-state index in [0.717, 1.165) is 0 Å². The normalized spacial score (nSPS) is 10.6. The average Bonchev–Trinajstić information content (AvgIpc) is 2.52. The minimum Gasteiger partial charge on any atom is -0.348 e. The molecule has 1 aromatic heterocycles. The van der Waals surface area contributed by atoms with Gasteiger partial charge in [0.15, 0.2) is 0 Å². The lowest BCUT2D eigenvalue weighted by Crippen LogP contribution is -2.30. The molecule has 3 N–H and O–H groups in total. The van der Waals surface area contributed by atoms with Gasteiger partial charge in [-0.15, -0.1) is 0 Å². The summed E-state index contributed by atoms with van der Waals surface area (Å²) in [7, 11) is 0. The van der Waals surface area contributed by atoms with Crippen molar-refractivity contribution in [1.82, 2.24) is 14.9 Å². The Morgan fingerprint density at radius 2 is 2.43 bits per heavy atom. The number of amides is 1. The van der Waals surface area contributed by atoms with Crippen molar-refractivity contribution in [2.75, 3.05) is 6.54 Å². The molecule has 0 unspecified atom stereocenters. The zero-order valence-electron chi connectivity index (χ0n) is 8.53. The molecule has 0 radical (unpaired) electrons. The average molecular weight is 196 g/mol. The molecule has 78 valence electrons. The molecule has 0 aliphatic heterocycles. The Morgan fingerprint density at radius 1 is 1.71 bits per heavy atom. The van der Waals surface area contributed by atoms with E-state index >= 15 is 0 Å². The maximum Gasteiger partial charge on any atom is 0.271 e. The second kappa shape index (κ2) is 4.76. The summed E-state index contributed by atoms with van der Waals surface area (Å²) in [5, 5.41) is 2.77. The van der Waals surface area contributed by atoms with Gasteiger partial charge in [-0.2, -0.15) is 0 Å². The molecule has 1 amide bonds. The molecule has 5 nitrogen and oxygen atoms in total. The van der Waals surface area contributed by atoms with Gasteiger partial charge in [0.25, 0.3) is 5.91 Å². The summed E-state index contributed by atoms with van der Waals surface area (Å²) in [4.78, 5) is 15.4. The molecule has 0 aliphatic rings. The Kier molecular flexibility index (Phi) is 3.64. The van der Waals surface area contributed by atoms with Crippen LogP contribution in [0.4, 0.5) is 0 Å². The van der Waals surface area contributed by atoms with Crippen molar-refractivity contribution in [2.45, 2.75) is 26.4 Å². The first kappa shape index (κ1) is 10.7. The maximum absolute atomic E-state index is 11.5. The summed E-state index contributed by atoms with van der Waals surface area (Å²) in [6.45, 7) is 5.05. The van der Waals surface area contributed by atoms with Crippen LogP contribution < -0.4 is 11.1 Å². The zero-order valence-corrected chi connectivity index (χ0v) is 8.53. The summed E-state index contributed by atoms with van der Waals surface area (Å²) in [6.07, 6.45) is 3.31. The van der Waals surface area contributed by atoms with E-state index in [9.17, 15) is 4.79 Å². The van der Waals surface area contributed by atoms with Crippen molar-refractivity contribution < 1.29 is 4.79 Å². The summed E-state index contributed by atoms with van der Waals surface area (Å²) in [5.74, 6) is -0.143. The number of rotatable bonds is 4. The fourth-order valence-electron chi connectivity index (χ4n) is 1.08. The Bertz CT molecular complexity index is 306. The van der Waals surface area contributed by atoms with Crippen molar-refractivity contribution in [3.05, 3.63) is 18.2 Å². The van der Waals surface area contributed by atoms with Crippen molar-refractivity contribution >= 4 is 5.91 Å². The van der Waals surface area contributed by atoms with E-state index < -0.39 is 0 Å². The van der Waals surface area contributed by atoms with E-state index in [-0.39, 0.29) is 11.9 Å². The van der Waals surface area contributed by atoms with Crippen LogP contribution in [-0.2, 0) is 6.54 Å². The highest BCUT2D eigenvalue weighted by Gasteiger charge is 2.09. The van der Waals surface area contributed by atoms with Crippen LogP contribution >= 0.6 is 0 Å². The Hall–Kier alpha value is -1.36. The lowest BCUT2D eigenvalue weighted by Gasteiger charge is -2.05. The molecule has 0 bridgehead atoms. The predicted molar refractivity (Wildman–Crippen MR) is 53.9 cm³/mol. The smallest absolute Gasteiger partial charge is 0.271 e. The number of hydrogen-bond acceptors (Lipinski definition) is 3. The van der Waals surface area contributed by atoms with Gasteiger partial charge in [-0.1, -0.05) is 0 Å². The third-order valence-electron chi connectivity index (χ3n) is 1.67. The number of nitrogens with zero attached hydrogens (tertiary/aromatic N) is 2. The molecule has 14 heavy (non-hydrogen) atoms. The van der Waals surface area contributed by atoms with Gasteiger partial charge in [-0.05, 0) is 13.8 Å². The fourth-order valence-corrected chi connectivity index (χ4v) is 1.08. The molecule has 0 aliphatic carbocycles. The van der Waals surface area contributed by atoms with E-state index in [1.807, 2.05) is 13.8 Å². The Labute approximate surface area is 83.3 Å². The number of hydrogen-bond donors (Lipinski definition) is 2. The highest BCUT2D eigenvalue weighted by molar-refractivity contribution is 5.92. The SMILES string of the molecule is CC(C)NC(=O)c1cn(CCN)cn1. The van der Waals surface area contributed by atoms with Gasteiger partial charge >= 0.3 is 0 Å². The van der Waals surface area contributed by atoms with Gasteiger partial charge in [-0.25, -0.2) is 4.98 Å². The van der Waals surface area contributed by atoms with Crippen molar-refractivity contribution in [2.24, 2.45) is 5.73 Å². The quantitative estimate of drug-likeness (QED) is 0.710. The van der Waals surface area contributed by atoms with Crippen LogP contribution in [0.2, 0.25) is 0 Å². The molecule has 0 fully saturated rings. The summed E-state index contributed by atoms with van der Waals surface area (Å²) in [6, 6.07) is 0.127. The van der Waals surface area contributed by atoms with Crippen LogP contribution in [0.15, 0.2) is 12.5 Å². The number of carbonyl (C=O) groups is 1. The van der Waals surface area contributed by atoms with Gasteiger partial charge in [0.05, 0.1) is 6.33 Å². The Balaban J connectivity index is 2.62. The Morgan fingerprint density at radius 3 is 3.00 bits per heavy atom. The standard InChI is InChI=1S/C9H16N4O/c1-7(2)12-9(14)8-5-13(4-3-10)6-11-8/h5-7H,3-4,10H2,1-2H3,(H,12,14). The molecule has 0 aromatic carbocycles. The van der Waals surface area contributed by atoms with Gasteiger partial charge in [0, 0.05) is 25.3 Å².